The van der Waals surface area contributed by atoms with Crippen molar-refractivity contribution in [2.45, 2.75) is 45.1 Å². The number of nitrogens with one attached hydrogen (secondary N) is 1. The first-order chi connectivity index (χ1) is 13.6. The number of hydrogen-bond donors (Lipinski definition) is 1. The number of halogens is 1. The van der Waals surface area contributed by atoms with Gasteiger partial charge in [-0.1, -0.05) is 73.3 Å². The van der Waals surface area contributed by atoms with Gasteiger partial charge in [-0.05, 0) is 25.0 Å². The molecule has 2 aromatic rings. The summed E-state index contributed by atoms with van der Waals surface area (Å²) in [5.41, 5.74) is 1.64. The van der Waals surface area contributed by atoms with E-state index in [1.165, 1.54) is 13.3 Å². The summed E-state index contributed by atoms with van der Waals surface area (Å²) in [6.07, 6.45) is 5.54. The zero-order valence-electron chi connectivity index (χ0n) is 15.9. The summed E-state index contributed by atoms with van der Waals surface area (Å²) in [6, 6.07) is 16.5. The Bertz CT molecular complexity index is 870. The SMILES string of the molecule is CC(=O)O/C(C(=O)c1ccccc1Cl)=C(\NC1CCCCC1)c1ccccc1. The van der Waals surface area contributed by atoms with Crippen molar-refractivity contribution in [3.05, 3.63) is 76.5 Å². The molecule has 1 fully saturated rings. The van der Waals surface area contributed by atoms with E-state index < -0.39 is 11.8 Å². The quantitative estimate of drug-likeness (QED) is 0.308. The van der Waals surface area contributed by atoms with Crippen molar-refractivity contribution in [3.63, 3.8) is 0 Å². The highest BCUT2D eigenvalue weighted by Gasteiger charge is 2.26. The van der Waals surface area contributed by atoms with Crippen molar-refractivity contribution in [1.82, 2.24) is 5.32 Å². The number of carbonyl (C=O) groups is 2. The van der Waals surface area contributed by atoms with E-state index in [0.717, 1.165) is 31.2 Å². The minimum absolute atomic E-state index is 0.0163. The maximum Gasteiger partial charge on any atom is 0.308 e. The summed E-state index contributed by atoms with van der Waals surface area (Å²) in [6.45, 7) is 1.29. The first-order valence-electron chi connectivity index (χ1n) is 9.60. The molecular weight excluding hydrogens is 374 g/mol. The lowest BCUT2D eigenvalue weighted by molar-refractivity contribution is -0.136. The third-order valence-corrected chi connectivity index (χ3v) is 5.14. The van der Waals surface area contributed by atoms with Crippen molar-refractivity contribution < 1.29 is 14.3 Å². The smallest absolute Gasteiger partial charge is 0.308 e. The van der Waals surface area contributed by atoms with Gasteiger partial charge in [0, 0.05) is 24.1 Å². The van der Waals surface area contributed by atoms with E-state index >= 15 is 0 Å². The second-order valence-corrected chi connectivity index (χ2v) is 7.36. The summed E-state index contributed by atoms with van der Waals surface area (Å²) in [5.74, 6) is -0.977. The lowest BCUT2D eigenvalue weighted by atomic mass is 9.94. The Labute approximate surface area is 170 Å². The van der Waals surface area contributed by atoms with Crippen LogP contribution < -0.4 is 5.32 Å². The highest BCUT2D eigenvalue weighted by atomic mass is 35.5. The number of carbonyl (C=O) groups excluding carboxylic acids is 2. The molecule has 0 saturated heterocycles. The predicted octanol–water partition coefficient (Wildman–Crippen LogP) is 5.38. The van der Waals surface area contributed by atoms with Crippen LogP contribution in [0.4, 0.5) is 0 Å². The van der Waals surface area contributed by atoms with Crippen LogP contribution in [-0.2, 0) is 9.53 Å². The van der Waals surface area contributed by atoms with Crippen LogP contribution in [0, 0.1) is 0 Å². The van der Waals surface area contributed by atoms with Crippen LogP contribution in [0.25, 0.3) is 5.70 Å². The zero-order valence-corrected chi connectivity index (χ0v) is 16.7. The molecule has 0 aliphatic heterocycles. The molecule has 1 aliphatic carbocycles. The lowest BCUT2D eigenvalue weighted by Crippen LogP contribution is -2.32. The summed E-state index contributed by atoms with van der Waals surface area (Å²) < 4.78 is 5.45. The van der Waals surface area contributed by atoms with Crippen molar-refractivity contribution in [3.8, 4) is 0 Å². The number of rotatable bonds is 6. The molecular formula is C23H24ClNO3. The molecule has 3 rings (SSSR count). The molecule has 1 aliphatic rings. The molecule has 2 aromatic carbocycles. The second kappa shape index (κ2) is 9.56. The van der Waals surface area contributed by atoms with Crippen molar-refractivity contribution in [2.24, 2.45) is 0 Å². The van der Waals surface area contributed by atoms with E-state index in [9.17, 15) is 9.59 Å². The van der Waals surface area contributed by atoms with Gasteiger partial charge in [0.05, 0.1) is 10.7 Å². The Morgan fingerprint density at radius 2 is 1.61 bits per heavy atom. The van der Waals surface area contributed by atoms with Gasteiger partial charge in [0.25, 0.3) is 0 Å². The number of ketones is 1. The van der Waals surface area contributed by atoms with Crippen molar-refractivity contribution in [1.29, 1.82) is 0 Å². The molecule has 0 amide bonds. The Hall–Kier alpha value is -2.59. The van der Waals surface area contributed by atoms with Crippen LogP contribution in [-0.4, -0.2) is 17.8 Å². The fourth-order valence-corrected chi connectivity index (χ4v) is 3.68. The minimum Gasteiger partial charge on any atom is -0.420 e. The van der Waals surface area contributed by atoms with E-state index in [1.807, 2.05) is 30.3 Å². The topological polar surface area (TPSA) is 55.4 Å². The maximum absolute atomic E-state index is 13.3. The average molecular weight is 398 g/mol. The normalized spacial score (nSPS) is 15.5. The van der Waals surface area contributed by atoms with Gasteiger partial charge in [0.2, 0.25) is 11.5 Å². The number of Topliss-reactive ketones (excluding diaryl/α,β-unsaturated/α-hetero) is 1. The summed E-state index contributed by atoms with van der Waals surface area (Å²) in [5, 5.41) is 3.81. The molecule has 5 heteroatoms. The second-order valence-electron chi connectivity index (χ2n) is 6.95. The van der Waals surface area contributed by atoms with E-state index in [2.05, 4.69) is 5.32 Å². The van der Waals surface area contributed by atoms with Crippen LogP contribution in [0.3, 0.4) is 0 Å². The molecule has 0 heterocycles. The lowest BCUT2D eigenvalue weighted by Gasteiger charge is -2.26. The number of ether oxygens (including phenoxy) is 1. The first-order valence-corrected chi connectivity index (χ1v) is 9.98. The molecule has 0 atom stereocenters. The van der Waals surface area contributed by atoms with E-state index in [1.54, 1.807) is 24.3 Å². The van der Waals surface area contributed by atoms with Gasteiger partial charge in [-0.2, -0.15) is 0 Å². The highest BCUT2D eigenvalue weighted by molar-refractivity contribution is 6.35. The molecule has 0 unspecified atom stereocenters. The van der Waals surface area contributed by atoms with E-state index in [4.69, 9.17) is 16.3 Å². The van der Waals surface area contributed by atoms with Crippen LogP contribution in [0.15, 0.2) is 60.4 Å². The largest absolute Gasteiger partial charge is 0.420 e. The monoisotopic (exact) mass is 397 g/mol. The van der Waals surface area contributed by atoms with Crippen LogP contribution in [0.2, 0.25) is 5.02 Å². The Balaban J connectivity index is 2.10. The van der Waals surface area contributed by atoms with Crippen LogP contribution in [0.1, 0.15) is 54.9 Å². The van der Waals surface area contributed by atoms with Gasteiger partial charge < -0.3 is 10.1 Å². The predicted molar refractivity (Wildman–Crippen MR) is 111 cm³/mol. The molecule has 146 valence electrons. The number of allylic oxidation sites excluding steroid dienone is 1. The molecule has 0 aromatic heterocycles. The van der Waals surface area contributed by atoms with Gasteiger partial charge in [0.1, 0.15) is 0 Å². The molecule has 1 saturated carbocycles. The standard InChI is InChI=1S/C23H24ClNO3/c1-16(26)28-23(22(27)19-14-8-9-15-20(19)24)21(17-10-4-2-5-11-17)25-18-12-6-3-7-13-18/h2,4-5,8-11,14-15,18,25H,3,6-7,12-13H2,1H3/b23-21-. The summed E-state index contributed by atoms with van der Waals surface area (Å²) >= 11 is 6.24. The summed E-state index contributed by atoms with van der Waals surface area (Å²) in [4.78, 5) is 25.1. The van der Waals surface area contributed by atoms with Gasteiger partial charge in [-0.3, -0.25) is 9.59 Å². The number of hydrogen-bond acceptors (Lipinski definition) is 4. The summed E-state index contributed by atoms with van der Waals surface area (Å²) in [7, 11) is 0. The molecule has 4 nitrogen and oxygen atoms in total. The van der Waals surface area contributed by atoms with Gasteiger partial charge in [-0.25, -0.2) is 0 Å². The Morgan fingerprint density at radius 1 is 0.964 bits per heavy atom. The third-order valence-electron chi connectivity index (χ3n) is 4.81. The number of esters is 1. The third kappa shape index (κ3) is 5.02. The molecule has 0 bridgehead atoms. The number of benzene rings is 2. The fourth-order valence-electron chi connectivity index (χ4n) is 3.46. The van der Waals surface area contributed by atoms with Gasteiger partial charge in [-0.15, -0.1) is 0 Å². The molecule has 0 radical (unpaired) electrons. The highest BCUT2D eigenvalue weighted by Crippen LogP contribution is 2.27. The average Bonchev–Trinajstić information content (AvgIpc) is 2.72. The Morgan fingerprint density at radius 3 is 2.25 bits per heavy atom. The van der Waals surface area contributed by atoms with Gasteiger partial charge >= 0.3 is 5.97 Å². The fraction of sp³-hybridized carbons (Fsp3) is 0.304. The van der Waals surface area contributed by atoms with Gasteiger partial charge in [0.15, 0.2) is 0 Å². The van der Waals surface area contributed by atoms with E-state index in [-0.39, 0.29) is 11.8 Å². The van der Waals surface area contributed by atoms with Crippen LogP contribution in [0.5, 0.6) is 0 Å². The molecule has 28 heavy (non-hydrogen) atoms. The van der Waals surface area contributed by atoms with Crippen LogP contribution >= 0.6 is 11.6 Å². The minimum atomic E-state index is -0.547. The molecule has 0 spiro atoms. The van der Waals surface area contributed by atoms with Crippen molar-refractivity contribution >= 4 is 29.1 Å². The zero-order chi connectivity index (χ0) is 19.9. The first kappa shape index (κ1) is 20.2. The van der Waals surface area contributed by atoms with E-state index in [0.29, 0.717) is 16.3 Å². The maximum atomic E-state index is 13.3. The Kier molecular flexibility index (Phi) is 6.88. The molecule has 1 N–H and O–H groups in total. The van der Waals surface area contributed by atoms with Crippen molar-refractivity contribution in [2.75, 3.05) is 0 Å².